The fraction of sp³-hybridized carbons (Fsp3) is 0.667. The van der Waals surface area contributed by atoms with Gasteiger partial charge in [-0.25, -0.2) is 0 Å². The molecular formula is C6H7Br2N3O3. The molecule has 0 bridgehead atoms. The van der Waals surface area contributed by atoms with Crippen LogP contribution in [-0.2, 0) is 3.36 Å². The van der Waals surface area contributed by atoms with Gasteiger partial charge in [0, 0.05) is 37.8 Å². The lowest BCUT2D eigenvalue weighted by Crippen LogP contribution is -2.21. The van der Waals surface area contributed by atoms with Crippen molar-refractivity contribution >= 4 is 31.9 Å². The Labute approximate surface area is 96.5 Å². The summed E-state index contributed by atoms with van der Waals surface area (Å²) < 4.78 is 3.42. The highest BCUT2D eigenvalue weighted by molar-refractivity contribution is 9.24. The van der Waals surface area contributed by atoms with Gasteiger partial charge in [-0.05, 0) is 0 Å². The van der Waals surface area contributed by atoms with E-state index < -0.39 is 8.28 Å². The molecule has 0 saturated carbocycles. The summed E-state index contributed by atoms with van der Waals surface area (Å²) in [5.74, 6) is 0.287. The molecule has 0 spiro atoms. The fourth-order valence-electron chi connectivity index (χ4n) is 0.668. The molecule has 1 aromatic heterocycles. The van der Waals surface area contributed by atoms with E-state index in [9.17, 15) is 10.1 Å². The number of rotatable bonds is 3. The Morgan fingerprint density at radius 2 is 2.07 bits per heavy atom. The number of hydrogen-bond acceptors (Lipinski definition) is 5. The summed E-state index contributed by atoms with van der Waals surface area (Å²) in [5, 5.41) is 17.8. The van der Waals surface area contributed by atoms with Gasteiger partial charge in [0.1, 0.15) is 0 Å². The van der Waals surface area contributed by atoms with Crippen molar-refractivity contribution in [2.75, 3.05) is 0 Å². The molecule has 0 fully saturated rings. The third kappa shape index (κ3) is 2.11. The van der Waals surface area contributed by atoms with Gasteiger partial charge in [-0.1, -0.05) is 13.8 Å². The normalized spacial score (nSPS) is 12.1. The molecule has 0 N–H and O–H groups in total. The minimum atomic E-state index is -1.69. The quantitative estimate of drug-likeness (QED) is 0.368. The van der Waals surface area contributed by atoms with Gasteiger partial charge >= 0.3 is 9.25 Å². The van der Waals surface area contributed by atoms with Crippen LogP contribution in [0.1, 0.15) is 31.5 Å². The second-order valence-electron chi connectivity index (χ2n) is 2.90. The molecule has 0 amide bonds. The zero-order valence-electron chi connectivity index (χ0n) is 7.40. The van der Waals surface area contributed by atoms with E-state index in [-0.39, 0.29) is 11.8 Å². The van der Waals surface area contributed by atoms with Crippen molar-refractivity contribution in [1.29, 1.82) is 0 Å². The molecule has 0 atom stereocenters. The summed E-state index contributed by atoms with van der Waals surface area (Å²) >= 11 is 5.68. The van der Waals surface area contributed by atoms with Gasteiger partial charge < -0.3 is 4.42 Å². The van der Waals surface area contributed by atoms with Gasteiger partial charge in [0.25, 0.3) is 0 Å². The Hall–Kier alpha value is -0.500. The molecule has 0 aliphatic carbocycles. The molecule has 0 unspecified atom stereocenters. The lowest BCUT2D eigenvalue weighted by atomic mass is 10.2. The number of alkyl halides is 2. The van der Waals surface area contributed by atoms with Crippen LogP contribution in [0.15, 0.2) is 4.42 Å². The standard InChI is InChI=1S/C6H7Br2N3O3/c1-3(2)4-9-10-5(14-4)6(7,8)11(12)13/h3H,1-2H3. The van der Waals surface area contributed by atoms with E-state index in [1.165, 1.54) is 0 Å². The molecule has 0 saturated heterocycles. The van der Waals surface area contributed by atoms with Crippen molar-refractivity contribution in [1.82, 2.24) is 10.2 Å². The van der Waals surface area contributed by atoms with Gasteiger partial charge in [-0.3, -0.25) is 10.1 Å². The number of nitro groups is 1. The lowest BCUT2D eigenvalue weighted by Gasteiger charge is -2.05. The average Bonchev–Trinajstić information content (AvgIpc) is 2.51. The summed E-state index contributed by atoms with van der Waals surface area (Å²) in [7, 11) is 0. The van der Waals surface area contributed by atoms with Crippen molar-refractivity contribution in [3.05, 3.63) is 21.9 Å². The number of nitrogens with zero attached hydrogens (tertiary/aromatic N) is 3. The monoisotopic (exact) mass is 327 g/mol. The number of hydrogen-bond donors (Lipinski definition) is 0. The zero-order valence-corrected chi connectivity index (χ0v) is 10.6. The third-order valence-electron chi connectivity index (χ3n) is 1.42. The predicted molar refractivity (Wildman–Crippen MR) is 54.9 cm³/mol. The molecule has 6 nitrogen and oxygen atoms in total. The highest BCUT2D eigenvalue weighted by Gasteiger charge is 2.45. The highest BCUT2D eigenvalue weighted by Crippen LogP contribution is 2.37. The van der Waals surface area contributed by atoms with Crippen LogP contribution >= 0.6 is 31.9 Å². The van der Waals surface area contributed by atoms with Crippen molar-refractivity contribution in [2.45, 2.75) is 23.1 Å². The first kappa shape index (κ1) is 11.6. The van der Waals surface area contributed by atoms with Crippen molar-refractivity contribution in [3.8, 4) is 0 Å². The highest BCUT2D eigenvalue weighted by atomic mass is 79.9. The van der Waals surface area contributed by atoms with Crippen LogP contribution in [0.25, 0.3) is 0 Å². The number of aromatic nitrogens is 2. The Balaban J connectivity index is 3.03. The zero-order chi connectivity index (χ0) is 10.9. The van der Waals surface area contributed by atoms with E-state index in [4.69, 9.17) is 4.42 Å². The van der Waals surface area contributed by atoms with Gasteiger partial charge in [0.05, 0.1) is 4.92 Å². The van der Waals surface area contributed by atoms with E-state index in [2.05, 4.69) is 42.1 Å². The van der Waals surface area contributed by atoms with E-state index in [1.54, 1.807) is 0 Å². The van der Waals surface area contributed by atoms with Crippen molar-refractivity contribution < 1.29 is 9.34 Å². The molecule has 0 aliphatic heterocycles. The summed E-state index contributed by atoms with van der Waals surface area (Å²) in [6.07, 6.45) is 0. The Kier molecular flexibility index (Phi) is 3.25. The van der Waals surface area contributed by atoms with Crippen molar-refractivity contribution in [3.63, 3.8) is 0 Å². The van der Waals surface area contributed by atoms with Gasteiger partial charge in [-0.15, -0.1) is 10.2 Å². The topological polar surface area (TPSA) is 82.1 Å². The van der Waals surface area contributed by atoms with Gasteiger partial charge in [0.15, 0.2) is 0 Å². The fourth-order valence-corrected chi connectivity index (χ4v) is 0.988. The first-order valence-electron chi connectivity index (χ1n) is 3.72. The molecule has 14 heavy (non-hydrogen) atoms. The van der Waals surface area contributed by atoms with Gasteiger partial charge in [-0.2, -0.15) is 0 Å². The smallest absolute Gasteiger partial charge is 0.402 e. The Morgan fingerprint density at radius 3 is 2.43 bits per heavy atom. The summed E-state index contributed by atoms with van der Waals surface area (Å²) in [4.78, 5) is 9.98. The second-order valence-corrected chi connectivity index (χ2v) is 6.26. The van der Waals surface area contributed by atoms with Crippen LogP contribution in [0.2, 0.25) is 0 Å². The minimum Gasteiger partial charge on any atom is -0.417 e. The van der Waals surface area contributed by atoms with Crippen LogP contribution < -0.4 is 0 Å². The largest absolute Gasteiger partial charge is 0.417 e. The summed E-state index contributed by atoms with van der Waals surface area (Å²) in [6.45, 7) is 3.71. The summed E-state index contributed by atoms with van der Waals surface area (Å²) in [5.41, 5.74) is 0. The molecule has 8 heteroatoms. The molecular weight excluding hydrogens is 322 g/mol. The predicted octanol–water partition coefficient (Wildman–Crippen LogP) is 2.37. The van der Waals surface area contributed by atoms with E-state index in [0.717, 1.165) is 0 Å². The second kappa shape index (κ2) is 3.93. The first-order chi connectivity index (χ1) is 6.35. The Bertz CT molecular complexity index is 350. The maximum Gasteiger partial charge on any atom is 0.402 e. The van der Waals surface area contributed by atoms with Gasteiger partial charge in [0.2, 0.25) is 5.89 Å². The van der Waals surface area contributed by atoms with Crippen LogP contribution in [0.5, 0.6) is 0 Å². The van der Waals surface area contributed by atoms with Crippen LogP contribution in [-0.4, -0.2) is 15.1 Å². The van der Waals surface area contributed by atoms with Crippen LogP contribution in [0.3, 0.4) is 0 Å². The molecule has 0 radical (unpaired) electrons. The molecule has 0 aliphatic rings. The van der Waals surface area contributed by atoms with Crippen molar-refractivity contribution in [2.24, 2.45) is 0 Å². The molecule has 0 aromatic carbocycles. The first-order valence-corrected chi connectivity index (χ1v) is 5.30. The van der Waals surface area contributed by atoms with E-state index in [1.807, 2.05) is 13.8 Å². The maximum atomic E-state index is 10.6. The minimum absolute atomic E-state index is 0.0406. The molecule has 1 rings (SSSR count). The number of halogens is 2. The Morgan fingerprint density at radius 1 is 1.50 bits per heavy atom. The summed E-state index contributed by atoms with van der Waals surface area (Å²) in [6, 6.07) is 0. The lowest BCUT2D eigenvalue weighted by molar-refractivity contribution is -0.514. The third-order valence-corrected chi connectivity index (χ3v) is 2.68. The van der Waals surface area contributed by atoms with Crippen LogP contribution in [0.4, 0.5) is 0 Å². The van der Waals surface area contributed by atoms with E-state index in [0.29, 0.717) is 5.89 Å². The molecule has 78 valence electrons. The average molecular weight is 329 g/mol. The molecule has 1 heterocycles. The SMILES string of the molecule is CC(C)c1nnc(C(Br)(Br)[N+](=O)[O-])o1. The molecule has 1 aromatic rings. The van der Waals surface area contributed by atoms with E-state index >= 15 is 0 Å². The van der Waals surface area contributed by atoms with Crippen LogP contribution in [0, 0.1) is 10.1 Å². The maximum absolute atomic E-state index is 10.6.